The van der Waals surface area contributed by atoms with Crippen LogP contribution in [-0.4, -0.2) is 15.7 Å². The van der Waals surface area contributed by atoms with Gasteiger partial charge in [0.1, 0.15) is 11.4 Å². The first kappa shape index (κ1) is 18.6. The van der Waals surface area contributed by atoms with Crippen molar-refractivity contribution in [2.24, 2.45) is 5.92 Å². The number of hydrogen-bond acceptors (Lipinski definition) is 3. The topological polar surface area (TPSA) is 42.4 Å². The van der Waals surface area contributed by atoms with E-state index in [4.69, 9.17) is 9.72 Å². The second-order valence-electron chi connectivity index (χ2n) is 7.19. The van der Waals surface area contributed by atoms with Crippen LogP contribution in [0.25, 0.3) is 0 Å². The van der Waals surface area contributed by atoms with Gasteiger partial charge in [0.2, 0.25) is 5.88 Å². The molecular formula is C21H31NO2. The Hall–Kier alpha value is -1.77. The molecular weight excluding hydrogens is 298 g/mol. The van der Waals surface area contributed by atoms with Crippen molar-refractivity contribution >= 4 is 0 Å². The Bertz CT molecular complexity index is 604. The molecule has 0 bridgehead atoms. The third-order valence-electron chi connectivity index (χ3n) is 4.99. The minimum atomic E-state index is -0.354. The average molecular weight is 329 g/mol. The second-order valence-corrected chi connectivity index (χ2v) is 7.19. The second kappa shape index (κ2) is 7.87. The summed E-state index contributed by atoms with van der Waals surface area (Å²) in [6, 6.07) is 1.80. The van der Waals surface area contributed by atoms with Crippen molar-refractivity contribution in [1.29, 1.82) is 0 Å². The minimum absolute atomic E-state index is 0.0390. The zero-order valence-corrected chi connectivity index (χ0v) is 15.5. The molecule has 0 radical (unpaired) electrons. The highest BCUT2D eigenvalue weighted by Crippen LogP contribution is 2.49. The zero-order chi connectivity index (χ0) is 17.7. The van der Waals surface area contributed by atoms with Crippen LogP contribution in [0.2, 0.25) is 0 Å². The number of nitrogens with zero attached hydrogens (tertiary/aromatic N) is 1. The molecule has 1 N–H and O–H groups in total. The Morgan fingerprint density at radius 1 is 1.38 bits per heavy atom. The van der Waals surface area contributed by atoms with Crippen molar-refractivity contribution in [2.45, 2.75) is 71.3 Å². The van der Waals surface area contributed by atoms with Gasteiger partial charge in [0, 0.05) is 23.6 Å². The Labute approximate surface area is 146 Å². The van der Waals surface area contributed by atoms with Crippen LogP contribution in [0.1, 0.15) is 70.6 Å². The van der Waals surface area contributed by atoms with Gasteiger partial charge in [0.15, 0.2) is 0 Å². The van der Waals surface area contributed by atoms with E-state index in [1.165, 1.54) is 12.8 Å². The van der Waals surface area contributed by atoms with Crippen molar-refractivity contribution in [2.75, 3.05) is 0 Å². The number of aryl methyl sites for hydroxylation is 1. The van der Waals surface area contributed by atoms with E-state index in [1.54, 1.807) is 6.07 Å². The van der Waals surface area contributed by atoms with Crippen molar-refractivity contribution in [3.63, 3.8) is 0 Å². The summed E-state index contributed by atoms with van der Waals surface area (Å²) in [6.45, 7) is 12.4. The molecule has 24 heavy (non-hydrogen) atoms. The third-order valence-corrected chi connectivity index (χ3v) is 4.99. The number of allylic oxidation sites excluding steroid dienone is 3. The molecule has 1 aromatic rings. The minimum Gasteiger partial charge on any atom is -0.507 e. The Morgan fingerprint density at radius 2 is 2.12 bits per heavy atom. The molecule has 1 aromatic heterocycles. The fourth-order valence-electron chi connectivity index (χ4n) is 3.60. The predicted molar refractivity (Wildman–Crippen MR) is 99.7 cm³/mol. The van der Waals surface area contributed by atoms with Gasteiger partial charge in [-0.05, 0) is 40.0 Å². The van der Waals surface area contributed by atoms with Gasteiger partial charge in [-0.25, -0.2) is 4.98 Å². The lowest BCUT2D eigenvalue weighted by Crippen LogP contribution is -2.44. The lowest BCUT2D eigenvalue weighted by Gasteiger charge is -2.43. The molecule has 2 rings (SSSR count). The molecule has 2 atom stereocenters. The maximum absolute atomic E-state index is 10.6. The van der Waals surface area contributed by atoms with Crippen molar-refractivity contribution in [3.8, 4) is 11.6 Å². The van der Waals surface area contributed by atoms with E-state index in [2.05, 4.69) is 39.5 Å². The molecule has 2 heterocycles. The lowest BCUT2D eigenvalue weighted by atomic mass is 9.72. The zero-order valence-electron chi connectivity index (χ0n) is 15.5. The molecule has 3 heteroatoms. The Balaban J connectivity index is 2.39. The van der Waals surface area contributed by atoms with Gasteiger partial charge in [-0.1, -0.05) is 38.0 Å². The van der Waals surface area contributed by atoms with Gasteiger partial charge in [0.25, 0.3) is 0 Å². The van der Waals surface area contributed by atoms with Gasteiger partial charge in [0.05, 0.1) is 5.56 Å². The maximum Gasteiger partial charge on any atom is 0.221 e. The molecule has 0 aromatic carbocycles. The summed E-state index contributed by atoms with van der Waals surface area (Å²) < 4.78 is 6.24. The van der Waals surface area contributed by atoms with Crippen molar-refractivity contribution in [1.82, 2.24) is 4.98 Å². The van der Waals surface area contributed by atoms with Crippen molar-refractivity contribution < 1.29 is 9.84 Å². The predicted octanol–water partition coefficient (Wildman–Crippen LogP) is 5.54. The number of aromatic nitrogens is 1. The fraction of sp³-hybridized carbons (Fsp3) is 0.571. The van der Waals surface area contributed by atoms with Crippen LogP contribution in [-0.2, 0) is 6.42 Å². The SMILES string of the molecule is C=CC1c2c(O)cc(CCCCC)nc2OC(C)(C)C1C/C=C/C. The number of unbranched alkanes of at least 4 members (excludes halogenated alkanes) is 2. The Kier molecular flexibility index (Phi) is 6.09. The Morgan fingerprint density at radius 3 is 2.75 bits per heavy atom. The number of ether oxygens (including phenoxy) is 1. The smallest absolute Gasteiger partial charge is 0.221 e. The quantitative estimate of drug-likeness (QED) is 0.527. The molecule has 0 fully saturated rings. The van der Waals surface area contributed by atoms with E-state index in [-0.39, 0.29) is 23.2 Å². The first-order chi connectivity index (χ1) is 11.4. The summed E-state index contributed by atoms with van der Waals surface area (Å²) in [4.78, 5) is 4.71. The van der Waals surface area contributed by atoms with Crippen molar-refractivity contribution in [3.05, 3.63) is 42.1 Å². The molecule has 0 aliphatic carbocycles. The van der Waals surface area contributed by atoms with E-state index in [9.17, 15) is 5.11 Å². The van der Waals surface area contributed by atoms with Crippen LogP contribution in [0.5, 0.6) is 11.6 Å². The van der Waals surface area contributed by atoms with Crippen LogP contribution in [0.15, 0.2) is 30.9 Å². The van der Waals surface area contributed by atoms with Gasteiger partial charge in [-0.3, -0.25) is 0 Å². The standard InChI is InChI=1S/C21H31NO2/c1-6-9-11-12-15-14-18(23)19-16(8-3)17(13-10-7-2)21(4,5)24-20(19)22-15/h7-8,10,14,16-17H,3,6,9,11-13H2,1-2,4-5H3,(H,22,23)/b10-7+. The number of fused-ring (bicyclic) bond motifs is 1. The van der Waals surface area contributed by atoms with E-state index in [0.29, 0.717) is 5.88 Å². The highest BCUT2D eigenvalue weighted by Gasteiger charge is 2.44. The maximum atomic E-state index is 10.6. The first-order valence-corrected chi connectivity index (χ1v) is 9.10. The average Bonchev–Trinajstić information content (AvgIpc) is 2.52. The van der Waals surface area contributed by atoms with Crippen LogP contribution in [0.4, 0.5) is 0 Å². The van der Waals surface area contributed by atoms with E-state index in [1.807, 2.05) is 13.0 Å². The first-order valence-electron chi connectivity index (χ1n) is 9.10. The third kappa shape index (κ3) is 3.82. The summed E-state index contributed by atoms with van der Waals surface area (Å²) in [5, 5.41) is 10.6. The molecule has 132 valence electrons. The molecule has 3 nitrogen and oxygen atoms in total. The number of pyridine rings is 1. The highest BCUT2D eigenvalue weighted by atomic mass is 16.5. The summed E-state index contributed by atoms with van der Waals surface area (Å²) in [5.41, 5.74) is 1.34. The normalized spacial score (nSPS) is 22.2. The highest BCUT2D eigenvalue weighted by molar-refractivity contribution is 5.48. The molecule has 2 unspecified atom stereocenters. The van der Waals surface area contributed by atoms with Crippen LogP contribution >= 0.6 is 0 Å². The fourth-order valence-corrected chi connectivity index (χ4v) is 3.60. The van der Waals surface area contributed by atoms with Crippen LogP contribution in [0, 0.1) is 5.92 Å². The van der Waals surface area contributed by atoms with Gasteiger partial charge < -0.3 is 9.84 Å². The van der Waals surface area contributed by atoms with Crippen LogP contribution < -0.4 is 4.74 Å². The molecule has 0 saturated heterocycles. The number of hydrogen-bond donors (Lipinski definition) is 1. The van der Waals surface area contributed by atoms with Gasteiger partial charge >= 0.3 is 0 Å². The molecule has 0 spiro atoms. The molecule has 0 amide bonds. The number of rotatable bonds is 7. The summed E-state index contributed by atoms with van der Waals surface area (Å²) in [6.07, 6.45) is 11.3. The summed E-state index contributed by atoms with van der Waals surface area (Å²) in [5.74, 6) is 1.12. The molecule has 0 saturated carbocycles. The number of aromatic hydroxyl groups is 1. The van der Waals surface area contributed by atoms with E-state index < -0.39 is 0 Å². The lowest BCUT2D eigenvalue weighted by molar-refractivity contribution is 0.0136. The summed E-state index contributed by atoms with van der Waals surface area (Å²) in [7, 11) is 0. The molecule has 1 aliphatic heterocycles. The van der Waals surface area contributed by atoms with Gasteiger partial charge in [-0.15, -0.1) is 6.58 Å². The summed E-state index contributed by atoms with van der Waals surface area (Å²) >= 11 is 0. The monoisotopic (exact) mass is 329 g/mol. The van der Waals surface area contributed by atoms with Crippen LogP contribution in [0.3, 0.4) is 0 Å². The largest absolute Gasteiger partial charge is 0.507 e. The van der Waals surface area contributed by atoms with Gasteiger partial charge in [-0.2, -0.15) is 0 Å². The van der Waals surface area contributed by atoms with E-state index >= 15 is 0 Å². The molecule has 1 aliphatic rings. The van der Waals surface area contributed by atoms with E-state index in [0.717, 1.165) is 30.5 Å².